The molecule has 1 saturated heterocycles. The van der Waals surface area contributed by atoms with E-state index < -0.39 is 0 Å². The number of carbonyl (C=O) groups excluding carboxylic acids is 1. The van der Waals surface area contributed by atoms with Crippen molar-refractivity contribution in [1.29, 1.82) is 0 Å². The van der Waals surface area contributed by atoms with Crippen molar-refractivity contribution in [2.45, 2.75) is 13.1 Å². The highest BCUT2D eigenvalue weighted by molar-refractivity contribution is 5.78. The van der Waals surface area contributed by atoms with Gasteiger partial charge in [0.25, 0.3) is 0 Å². The van der Waals surface area contributed by atoms with E-state index in [2.05, 4.69) is 9.80 Å². The highest BCUT2D eigenvalue weighted by Gasteiger charge is 2.21. The van der Waals surface area contributed by atoms with Crippen LogP contribution in [0.25, 0.3) is 0 Å². The second-order valence-electron chi connectivity index (χ2n) is 7.39. The van der Waals surface area contributed by atoms with Crippen LogP contribution >= 0.6 is 0 Å². The molecule has 156 valence electrons. The van der Waals surface area contributed by atoms with Crippen molar-refractivity contribution < 1.29 is 18.3 Å². The third kappa shape index (κ3) is 5.98. The van der Waals surface area contributed by atoms with Crippen LogP contribution in [-0.4, -0.2) is 67.5 Å². The summed E-state index contributed by atoms with van der Waals surface area (Å²) in [4.78, 5) is 18.5. The van der Waals surface area contributed by atoms with Gasteiger partial charge in [-0.25, -0.2) is 8.78 Å². The van der Waals surface area contributed by atoms with Gasteiger partial charge in [-0.05, 0) is 35.9 Å². The Morgan fingerprint density at radius 2 is 1.72 bits per heavy atom. The highest BCUT2D eigenvalue weighted by Crippen LogP contribution is 2.21. The van der Waals surface area contributed by atoms with Gasteiger partial charge in [-0.2, -0.15) is 0 Å². The molecular formula is C22H27F2N3O2. The molecule has 1 fully saturated rings. The number of benzene rings is 2. The molecule has 0 unspecified atom stereocenters. The Kier molecular flexibility index (Phi) is 7.17. The van der Waals surface area contributed by atoms with E-state index in [-0.39, 0.29) is 17.5 Å². The van der Waals surface area contributed by atoms with E-state index in [9.17, 15) is 13.6 Å². The van der Waals surface area contributed by atoms with Gasteiger partial charge in [0.1, 0.15) is 17.4 Å². The fourth-order valence-corrected chi connectivity index (χ4v) is 3.53. The SMILES string of the molecule is COc1ccc(F)cc1CN1CCN(CC(=O)N(C)Cc2cccc(F)c2)CC1. The second-order valence-corrected chi connectivity index (χ2v) is 7.39. The van der Waals surface area contributed by atoms with Gasteiger partial charge in [0.2, 0.25) is 5.91 Å². The summed E-state index contributed by atoms with van der Waals surface area (Å²) >= 11 is 0. The lowest BCUT2D eigenvalue weighted by Gasteiger charge is -2.35. The van der Waals surface area contributed by atoms with Crippen LogP contribution < -0.4 is 4.74 Å². The summed E-state index contributed by atoms with van der Waals surface area (Å²) in [5.74, 6) is 0.123. The lowest BCUT2D eigenvalue weighted by molar-refractivity contribution is -0.132. The van der Waals surface area contributed by atoms with Crippen molar-refractivity contribution >= 4 is 5.91 Å². The summed E-state index contributed by atoms with van der Waals surface area (Å²) < 4.78 is 32.2. The predicted molar refractivity (Wildman–Crippen MR) is 108 cm³/mol. The zero-order chi connectivity index (χ0) is 20.8. The molecule has 0 aliphatic carbocycles. The molecule has 0 N–H and O–H groups in total. The van der Waals surface area contributed by atoms with Crippen LogP contribution in [0.5, 0.6) is 5.75 Å². The average molecular weight is 403 g/mol. The fraction of sp³-hybridized carbons (Fsp3) is 0.409. The average Bonchev–Trinajstić information content (AvgIpc) is 2.69. The maximum Gasteiger partial charge on any atom is 0.236 e. The quantitative estimate of drug-likeness (QED) is 0.712. The first kappa shape index (κ1) is 21.2. The summed E-state index contributed by atoms with van der Waals surface area (Å²) in [7, 11) is 3.32. The standard InChI is InChI=1S/C22H27F2N3O2/c1-25(14-17-4-3-5-19(23)12-17)22(28)16-27-10-8-26(9-11-27)15-18-13-20(24)6-7-21(18)29-2/h3-7,12-13H,8-11,14-16H2,1-2H3. The highest BCUT2D eigenvalue weighted by atomic mass is 19.1. The Morgan fingerprint density at radius 3 is 2.41 bits per heavy atom. The van der Waals surface area contributed by atoms with Crippen molar-refractivity contribution in [3.63, 3.8) is 0 Å². The summed E-state index contributed by atoms with van der Waals surface area (Å²) in [5.41, 5.74) is 1.60. The van der Waals surface area contributed by atoms with Crippen molar-refractivity contribution in [3.05, 3.63) is 65.2 Å². The van der Waals surface area contributed by atoms with Crippen molar-refractivity contribution in [2.24, 2.45) is 0 Å². The third-order valence-corrected chi connectivity index (χ3v) is 5.19. The van der Waals surface area contributed by atoms with Crippen molar-refractivity contribution in [3.8, 4) is 5.75 Å². The van der Waals surface area contributed by atoms with Crippen LogP contribution in [0.15, 0.2) is 42.5 Å². The van der Waals surface area contributed by atoms with Crippen LogP contribution in [0.1, 0.15) is 11.1 Å². The number of hydrogen-bond acceptors (Lipinski definition) is 4. The molecular weight excluding hydrogens is 376 g/mol. The molecule has 0 aromatic heterocycles. The molecule has 0 saturated carbocycles. The van der Waals surface area contributed by atoms with E-state index in [0.29, 0.717) is 25.4 Å². The molecule has 3 rings (SSSR count). The molecule has 7 heteroatoms. The lowest BCUT2D eigenvalue weighted by atomic mass is 10.1. The molecule has 0 radical (unpaired) electrons. The third-order valence-electron chi connectivity index (χ3n) is 5.19. The van der Waals surface area contributed by atoms with Crippen molar-refractivity contribution in [2.75, 3.05) is 46.9 Å². The molecule has 2 aromatic carbocycles. The van der Waals surface area contributed by atoms with Gasteiger partial charge in [-0.15, -0.1) is 0 Å². The van der Waals surface area contributed by atoms with Crippen LogP contribution in [0.3, 0.4) is 0 Å². The van der Waals surface area contributed by atoms with E-state index in [0.717, 1.165) is 37.3 Å². The first-order valence-corrected chi connectivity index (χ1v) is 9.70. The molecule has 0 bridgehead atoms. The summed E-state index contributed by atoms with van der Waals surface area (Å²) in [5, 5.41) is 0. The molecule has 5 nitrogen and oxygen atoms in total. The van der Waals surface area contributed by atoms with Crippen LogP contribution in [0.2, 0.25) is 0 Å². The first-order chi connectivity index (χ1) is 13.9. The zero-order valence-electron chi connectivity index (χ0n) is 16.9. The number of hydrogen-bond donors (Lipinski definition) is 0. The number of rotatable bonds is 7. The largest absolute Gasteiger partial charge is 0.496 e. The molecule has 1 aliphatic rings. The van der Waals surface area contributed by atoms with Gasteiger partial charge in [0.15, 0.2) is 0 Å². The topological polar surface area (TPSA) is 36.0 Å². The van der Waals surface area contributed by atoms with E-state index in [1.165, 1.54) is 24.3 Å². The molecule has 29 heavy (non-hydrogen) atoms. The van der Waals surface area contributed by atoms with Crippen molar-refractivity contribution in [1.82, 2.24) is 14.7 Å². The number of carbonyl (C=O) groups is 1. The summed E-state index contributed by atoms with van der Waals surface area (Å²) in [6.07, 6.45) is 0. The van der Waals surface area contributed by atoms with E-state index in [1.54, 1.807) is 31.2 Å². The van der Waals surface area contributed by atoms with Gasteiger partial charge in [0, 0.05) is 51.9 Å². The second kappa shape index (κ2) is 9.80. The predicted octanol–water partition coefficient (Wildman–Crippen LogP) is 2.75. The Bertz CT molecular complexity index is 839. The number of amides is 1. The molecule has 0 atom stereocenters. The lowest BCUT2D eigenvalue weighted by Crippen LogP contribution is -2.49. The fourth-order valence-electron chi connectivity index (χ4n) is 3.53. The summed E-state index contributed by atoms with van der Waals surface area (Å²) in [6, 6.07) is 10.9. The van der Waals surface area contributed by atoms with E-state index >= 15 is 0 Å². The molecule has 0 spiro atoms. The van der Waals surface area contributed by atoms with Gasteiger partial charge in [0.05, 0.1) is 13.7 Å². The minimum Gasteiger partial charge on any atom is -0.496 e. The maximum atomic E-state index is 13.6. The smallest absolute Gasteiger partial charge is 0.236 e. The maximum absolute atomic E-state index is 13.6. The van der Waals surface area contributed by atoms with Gasteiger partial charge < -0.3 is 9.64 Å². The minimum atomic E-state index is -0.297. The number of nitrogens with zero attached hydrogens (tertiary/aromatic N) is 3. The number of piperazine rings is 1. The van der Waals surface area contributed by atoms with Crippen LogP contribution in [0, 0.1) is 11.6 Å². The van der Waals surface area contributed by atoms with E-state index in [4.69, 9.17) is 4.74 Å². The van der Waals surface area contributed by atoms with Gasteiger partial charge in [-0.3, -0.25) is 14.6 Å². The number of methoxy groups -OCH3 is 1. The Morgan fingerprint density at radius 1 is 1.03 bits per heavy atom. The molecule has 1 heterocycles. The number of ether oxygens (including phenoxy) is 1. The van der Waals surface area contributed by atoms with Gasteiger partial charge in [-0.1, -0.05) is 12.1 Å². The normalized spacial score (nSPS) is 15.3. The van der Waals surface area contributed by atoms with Crippen LogP contribution in [-0.2, 0) is 17.9 Å². The first-order valence-electron chi connectivity index (χ1n) is 9.70. The zero-order valence-corrected chi connectivity index (χ0v) is 16.9. The van der Waals surface area contributed by atoms with E-state index in [1.807, 2.05) is 6.07 Å². The van der Waals surface area contributed by atoms with Gasteiger partial charge >= 0.3 is 0 Å². The van der Waals surface area contributed by atoms with Crippen LogP contribution in [0.4, 0.5) is 8.78 Å². The molecule has 1 amide bonds. The Labute approximate surface area is 170 Å². The molecule has 1 aliphatic heterocycles. The number of halogens is 2. The monoisotopic (exact) mass is 403 g/mol. The summed E-state index contributed by atoms with van der Waals surface area (Å²) in [6.45, 7) is 4.44. The minimum absolute atomic E-state index is 0.00881. The molecule has 2 aromatic rings. The number of likely N-dealkylation sites (N-methyl/N-ethyl adjacent to an activating group) is 1. The Hall–Kier alpha value is -2.51. The Balaban J connectivity index is 1.47.